The molecule has 1 saturated heterocycles. The fourth-order valence-corrected chi connectivity index (χ4v) is 2.18. The first-order valence-corrected chi connectivity index (χ1v) is 6.58. The zero-order chi connectivity index (χ0) is 15.7. The number of ketones is 1. The Hall–Kier alpha value is -1.59. The van der Waals surface area contributed by atoms with Gasteiger partial charge in [-0.15, -0.1) is 0 Å². The van der Waals surface area contributed by atoms with E-state index in [4.69, 9.17) is 4.74 Å². The molecule has 0 aromatic heterocycles. The molecule has 1 fully saturated rings. The maximum atomic E-state index is 12.2. The third kappa shape index (κ3) is 3.71. The van der Waals surface area contributed by atoms with Crippen LogP contribution in [0.2, 0.25) is 0 Å². The predicted molar refractivity (Wildman–Crippen MR) is 72.1 cm³/mol. The lowest BCUT2D eigenvalue weighted by molar-refractivity contribution is -0.156. The zero-order valence-corrected chi connectivity index (χ0v) is 13.0. The highest BCUT2D eigenvalue weighted by molar-refractivity contribution is 6.03. The van der Waals surface area contributed by atoms with E-state index in [2.05, 4.69) is 4.74 Å². The molecular formula is C14H23NO5. The van der Waals surface area contributed by atoms with Gasteiger partial charge < -0.3 is 14.4 Å². The molecule has 114 valence electrons. The van der Waals surface area contributed by atoms with Crippen molar-refractivity contribution in [3.8, 4) is 0 Å². The maximum absolute atomic E-state index is 12.2. The second kappa shape index (κ2) is 5.42. The number of nitrogens with zero attached hydrogens (tertiary/aromatic N) is 1. The SMILES string of the molecule is COC(=O)C1CN(C(=O)OC(C)(C)C)CC(C)(C)C1=O. The summed E-state index contributed by atoms with van der Waals surface area (Å²) in [5, 5.41) is 0. The van der Waals surface area contributed by atoms with Gasteiger partial charge in [-0.05, 0) is 20.8 Å². The summed E-state index contributed by atoms with van der Waals surface area (Å²) in [5.74, 6) is -1.77. The molecule has 0 aromatic carbocycles. The summed E-state index contributed by atoms with van der Waals surface area (Å²) in [7, 11) is 1.23. The quantitative estimate of drug-likeness (QED) is 0.540. The first-order chi connectivity index (χ1) is 8.98. The minimum Gasteiger partial charge on any atom is -0.468 e. The number of amides is 1. The Balaban J connectivity index is 2.93. The normalized spacial score (nSPS) is 22.4. The Kier molecular flexibility index (Phi) is 4.46. The van der Waals surface area contributed by atoms with Gasteiger partial charge in [-0.25, -0.2) is 4.79 Å². The van der Waals surface area contributed by atoms with Crippen LogP contribution in [-0.4, -0.2) is 48.5 Å². The standard InChI is InChI=1S/C14H23NO5/c1-13(2,3)20-12(18)15-7-9(11(17)19-6)10(16)14(4,5)8-15/h9H,7-8H2,1-6H3. The molecule has 1 unspecified atom stereocenters. The minimum atomic E-state index is -0.948. The van der Waals surface area contributed by atoms with Crippen LogP contribution < -0.4 is 0 Å². The second-order valence-electron chi connectivity index (χ2n) is 6.68. The molecule has 6 heteroatoms. The van der Waals surface area contributed by atoms with Crippen LogP contribution in [0, 0.1) is 11.3 Å². The highest BCUT2D eigenvalue weighted by Gasteiger charge is 2.46. The van der Waals surface area contributed by atoms with E-state index in [1.54, 1.807) is 34.6 Å². The summed E-state index contributed by atoms with van der Waals surface area (Å²) in [4.78, 5) is 37.4. The lowest BCUT2D eigenvalue weighted by atomic mass is 9.77. The topological polar surface area (TPSA) is 72.9 Å². The van der Waals surface area contributed by atoms with Crippen LogP contribution in [0.3, 0.4) is 0 Å². The summed E-state index contributed by atoms with van der Waals surface area (Å²) in [6.07, 6.45) is -0.521. The molecule has 1 rings (SSSR count). The largest absolute Gasteiger partial charge is 0.468 e. The maximum Gasteiger partial charge on any atom is 0.410 e. The van der Waals surface area contributed by atoms with Gasteiger partial charge >= 0.3 is 12.1 Å². The van der Waals surface area contributed by atoms with Gasteiger partial charge in [0.1, 0.15) is 11.5 Å². The van der Waals surface area contributed by atoms with Gasteiger partial charge in [0.05, 0.1) is 7.11 Å². The van der Waals surface area contributed by atoms with Crippen molar-refractivity contribution in [1.29, 1.82) is 0 Å². The lowest BCUT2D eigenvalue weighted by Crippen LogP contribution is -2.56. The number of ether oxygens (including phenoxy) is 2. The van der Waals surface area contributed by atoms with E-state index in [0.29, 0.717) is 0 Å². The van der Waals surface area contributed by atoms with E-state index in [1.165, 1.54) is 12.0 Å². The van der Waals surface area contributed by atoms with Crippen molar-refractivity contribution in [1.82, 2.24) is 4.90 Å². The summed E-state index contributed by atoms with van der Waals surface area (Å²) in [6, 6.07) is 0. The molecule has 0 aliphatic carbocycles. The monoisotopic (exact) mass is 285 g/mol. The Morgan fingerprint density at radius 1 is 1.30 bits per heavy atom. The first kappa shape index (κ1) is 16.5. The third-order valence-electron chi connectivity index (χ3n) is 3.11. The van der Waals surface area contributed by atoms with Crippen molar-refractivity contribution in [2.24, 2.45) is 11.3 Å². The summed E-state index contributed by atoms with van der Waals surface area (Å²) in [5.41, 5.74) is -1.42. The third-order valence-corrected chi connectivity index (χ3v) is 3.11. The molecule has 0 radical (unpaired) electrons. The molecule has 0 N–H and O–H groups in total. The van der Waals surface area contributed by atoms with Gasteiger partial charge in [0.15, 0.2) is 5.78 Å². The van der Waals surface area contributed by atoms with E-state index < -0.39 is 29.0 Å². The van der Waals surface area contributed by atoms with Crippen molar-refractivity contribution in [3.63, 3.8) is 0 Å². The van der Waals surface area contributed by atoms with E-state index in [-0.39, 0.29) is 18.9 Å². The predicted octanol–water partition coefficient (Wildman–Crippen LogP) is 1.62. The van der Waals surface area contributed by atoms with E-state index in [9.17, 15) is 14.4 Å². The number of methoxy groups -OCH3 is 1. The highest BCUT2D eigenvalue weighted by atomic mass is 16.6. The van der Waals surface area contributed by atoms with Crippen LogP contribution in [0.1, 0.15) is 34.6 Å². The minimum absolute atomic E-state index is 0.00382. The van der Waals surface area contributed by atoms with Gasteiger partial charge in [0.2, 0.25) is 0 Å². The van der Waals surface area contributed by atoms with Crippen LogP contribution in [0.15, 0.2) is 0 Å². The van der Waals surface area contributed by atoms with E-state index in [1.807, 2.05) is 0 Å². The fourth-order valence-electron chi connectivity index (χ4n) is 2.18. The first-order valence-electron chi connectivity index (χ1n) is 6.58. The zero-order valence-electron chi connectivity index (χ0n) is 13.0. The van der Waals surface area contributed by atoms with Crippen LogP contribution in [-0.2, 0) is 19.1 Å². The van der Waals surface area contributed by atoms with Crippen molar-refractivity contribution < 1.29 is 23.9 Å². The number of carbonyl (C=O) groups excluding carboxylic acids is 3. The Labute approximate surface area is 119 Å². The number of rotatable bonds is 1. The average Bonchev–Trinajstić information content (AvgIpc) is 2.29. The number of esters is 1. The smallest absolute Gasteiger partial charge is 0.410 e. The Bertz CT molecular complexity index is 422. The molecule has 0 saturated carbocycles. The van der Waals surface area contributed by atoms with Crippen LogP contribution in [0.4, 0.5) is 4.79 Å². The molecule has 0 aromatic rings. The molecule has 0 spiro atoms. The molecule has 6 nitrogen and oxygen atoms in total. The highest BCUT2D eigenvalue weighted by Crippen LogP contribution is 2.30. The lowest BCUT2D eigenvalue weighted by Gasteiger charge is -2.40. The van der Waals surface area contributed by atoms with Crippen LogP contribution in [0.5, 0.6) is 0 Å². The van der Waals surface area contributed by atoms with Crippen LogP contribution in [0.25, 0.3) is 0 Å². The number of Topliss-reactive ketones (excluding diaryl/α,β-unsaturated/α-hetero) is 1. The van der Waals surface area contributed by atoms with Gasteiger partial charge in [-0.2, -0.15) is 0 Å². The van der Waals surface area contributed by atoms with Gasteiger partial charge in [0.25, 0.3) is 0 Å². The van der Waals surface area contributed by atoms with Crippen molar-refractivity contribution in [2.75, 3.05) is 20.2 Å². The second-order valence-corrected chi connectivity index (χ2v) is 6.68. The molecule has 1 aliphatic heterocycles. The number of likely N-dealkylation sites (tertiary alicyclic amines) is 1. The number of hydrogen-bond acceptors (Lipinski definition) is 5. The molecular weight excluding hydrogens is 262 g/mol. The molecule has 1 atom stereocenters. The van der Waals surface area contributed by atoms with Crippen molar-refractivity contribution in [2.45, 2.75) is 40.2 Å². The van der Waals surface area contributed by atoms with E-state index >= 15 is 0 Å². The average molecular weight is 285 g/mol. The number of carbonyl (C=O) groups is 3. The van der Waals surface area contributed by atoms with Crippen LogP contribution >= 0.6 is 0 Å². The van der Waals surface area contributed by atoms with Gasteiger partial charge in [-0.3, -0.25) is 9.59 Å². The summed E-state index contributed by atoms with van der Waals surface area (Å²) < 4.78 is 9.93. The fraction of sp³-hybridized carbons (Fsp3) is 0.786. The van der Waals surface area contributed by atoms with Gasteiger partial charge in [-0.1, -0.05) is 13.8 Å². The molecule has 20 heavy (non-hydrogen) atoms. The van der Waals surface area contributed by atoms with Gasteiger partial charge in [0, 0.05) is 18.5 Å². The Morgan fingerprint density at radius 2 is 1.85 bits per heavy atom. The number of hydrogen-bond donors (Lipinski definition) is 0. The number of piperidine rings is 1. The summed E-state index contributed by atoms with van der Waals surface area (Å²) >= 11 is 0. The molecule has 1 aliphatic rings. The van der Waals surface area contributed by atoms with Crippen molar-refractivity contribution in [3.05, 3.63) is 0 Å². The summed E-state index contributed by atoms with van der Waals surface area (Å²) in [6.45, 7) is 8.95. The molecule has 0 bridgehead atoms. The molecule has 1 heterocycles. The Morgan fingerprint density at radius 3 is 2.30 bits per heavy atom. The van der Waals surface area contributed by atoms with Crippen molar-refractivity contribution >= 4 is 17.8 Å². The van der Waals surface area contributed by atoms with E-state index in [0.717, 1.165) is 0 Å². The molecule has 1 amide bonds.